The SMILES string of the molecule is C=CC(=O)OCC(=O)OC1CC(C)OC1=O. The van der Waals surface area contributed by atoms with Gasteiger partial charge in [0.05, 0.1) is 0 Å². The average molecular weight is 228 g/mol. The maximum atomic E-state index is 11.1. The van der Waals surface area contributed by atoms with Crippen molar-refractivity contribution in [3.8, 4) is 0 Å². The molecule has 0 spiro atoms. The topological polar surface area (TPSA) is 78.9 Å². The monoisotopic (exact) mass is 228 g/mol. The molecule has 1 heterocycles. The summed E-state index contributed by atoms with van der Waals surface area (Å²) in [4.78, 5) is 32.9. The van der Waals surface area contributed by atoms with Gasteiger partial charge in [-0.25, -0.2) is 14.4 Å². The Balaban J connectivity index is 2.32. The predicted octanol–water partition coefficient (Wildman–Crippen LogP) is -0.0372. The fourth-order valence-corrected chi connectivity index (χ4v) is 1.20. The first-order valence-corrected chi connectivity index (χ1v) is 4.72. The van der Waals surface area contributed by atoms with E-state index in [-0.39, 0.29) is 6.10 Å². The van der Waals surface area contributed by atoms with Gasteiger partial charge in [0.15, 0.2) is 6.61 Å². The number of esters is 3. The van der Waals surface area contributed by atoms with Gasteiger partial charge < -0.3 is 14.2 Å². The molecular weight excluding hydrogens is 216 g/mol. The van der Waals surface area contributed by atoms with Crippen molar-refractivity contribution in [3.05, 3.63) is 12.7 Å². The Hall–Kier alpha value is -1.85. The molecule has 0 radical (unpaired) electrons. The summed E-state index contributed by atoms with van der Waals surface area (Å²) in [6.07, 6.45) is 0.0880. The molecule has 0 amide bonds. The molecule has 1 aliphatic rings. The number of rotatable bonds is 4. The van der Waals surface area contributed by atoms with E-state index < -0.39 is 30.6 Å². The van der Waals surface area contributed by atoms with Gasteiger partial charge in [-0.2, -0.15) is 0 Å². The van der Waals surface area contributed by atoms with Crippen LogP contribution in [-0.2, 0) is 28.6 Å². The summed E-state index contributed by atoms with van der Waals surface area (Å²) >= 11 is 0. The zero-order chi connectivity index (χ0) is 12.1. The van der Waals surface area contributed by atoms with E-state index in [9.17, 15) is 14.4 Å². The van der Waals surface area contributed by atoms with Gasteiger partial charge in [0.1, 0.15) is 6.10 Å². The minimum atomic E-state index is -0.898. The summed E-state index contributed by atoms with van der Waals surface area (Å²) in [5, 5.41) is 0. The Morgan fingerprint density at radius 2 is 2.31 bits per heavy atom. The first kappa shape index (κ1) is 12.2. The number of hydrogen-bond donors (Lipinski definition) is 0. The van der Waals surface area contributed by atoms with Gasteiger partial charge in [0.25, 0.3) is 0 Å². The number of ether oxygens (including phenoxy) is 3. The molecule has 6 heteroatoms. The van der Waals surface area contributed by atoms with Gasteiger partial charge in [-0.3, -0.25) is 0 Å². The minimum Gasteiger partial charge on any atom is -0.460 e. The highest BCUT2D eigenvalue weighted by molar-refractivity contribution is 5.85. The first-order valence-electron chi connectivity index (χ1n) is 4.72. The van der Waals surface area contributed by atoms with E-state index >= 15 is 0 Å². The van der Waals surface area contributed by atoms with Crippen molar-refractivity contribution in [2.24, 2.45) is 0 Å². The van der Waals surface area contributed by atoms with Gasteiger partial charge in [-0.05, 0) is 6.92 Å². The molecule has 1 fully saturated rings. The lowest BCUT2D eigenvalue weighted by atomic mass is 10.2. The molecule has 2 unspecified atom stereocenters. The fourth-order valence-electron chi connectivity index (χ4n) is 1.20. The standard InChI is InChI=1S/C10H12O6/c1-3-8(11)14-5-9(12)16-7-4-6(2)15-10(7)13/h3,6-7H,1,4-5H2,2H3. The van der Waals surface area contributed by atoms with E-state index in [1.165, 1.54) is 0 Å². The zero-order valence-electron chi connectivity index (χ0n) is 8.80. The highest BCUT2D eigenvalue weighted by Crippen LogP contribution is 2.17. The van der Waals surface area contributed by atoms with Crippen molar-refractivity contribution in [2.45, 2.75) is 25.6 Å². The maximum Gasteiger partial charge on any atom is 0.347 e. The highest BCUT2D eigenvalue weighted by Gasteiger charge is 2.35. The van der Waals surface area contributed by atoms with Gasteiger partial charge in [-0.15, -0.1) is 0 Å². The van der Waals surface area contributed by atoms with E-state index in [1.54, 1.807) is 6.92 Å². The second-order valence-corrected chi connectivity index (χ2v) is 3.27. The van der Waals surface area contributed by atoms with E-state index in [0.29, 0.717) is 6.42 Å². The summed E-state index contributed by atoms with van der Waals surface area (Å²) < 4.78 is 14.0. The van der Waals surface area contributed by atoms with Crippen LogP contribution in [0.2, 0.25) is 0 Å². The molecule has 2 atom stereocenters. The molecule has 1 saturated heterocycles. The molecule has 0 aromatic rings. The maximum absolute atomic E-state index is 11.1. The largest absolute Gasteiger partial charge is 0.460 e. The van der Waals surface area contributed by atoms with E-state index in [4.69, 9.17) is 9.47 Å². The Kier molecular flexibility index (Phi) is 4.04. The summed E-state index contributed by atoms with van der Waals surface area (Å²) in [5.74, 6) is -2.08. The van der Waals surface area contributed by atoms with Crippen molar-refractivity contribution < 1.29 is 28.6 Å². The lowest BCUT2D eigenvalue weighted by molar-refractivity contribution is -0.166. The quantitative estimate of drug-likeness (QED) is 0.381. The zero-order valence-corrected chi connectivity index (χ0v) is 8.80. The number of cyclic esters (lactones) is 1. The number of carbonyl (C=O) groups excluding carboxylic acids is 3. The molecule has 88 valence electrons. The fraction of sp³-hybridized carbons (Fsp3) is 0.500. The molecule has 1 rings (SSSR count). The molecule has 0 aliphatic carbocycles. The van der Waals surface area contributed by atoms with Crippen LogP contribution in [0.5, 0.6) is 0 Å². The Morgan fingerprint density at radius 1 is 1.62 bits per heavy atom. The van der Waals surface area contributed by atoms with Crippen LogP contribution >= 0.6 is 0 Å². The Bertz CT molecular complexity index is 321. The molecule has 0 aromatic carbocycles. The van der Waals surface area contributed by atoms with Gasteiger partial charge in [0, 0.05) is 12.5 Å². The van der Waals surface area contributed by atoms with Crippen LogP contribution in [0.3, 0.4) is 0 Å². The van der Waals surface area contributed by atoms with Crippen molar-refractivity contribution in [2.75, 3.05) is 6.61 Å². The van der Waals surface area contributed by atoms with Crippen LogP contribution in [0.1, 0.15) is 13.3 Å². The number of carbonyl (C=O) groups is 3. The van der Waals surface area contributed by atoms with Crippen molar-refractivity contribution in [1.82, 2.24) is 0 Å². The molecule has 0 N–H and O–H groups in total. The van der Waals surface area contributed by atoms with Gasteiger partial charge in [-0.1, -0.05) is 6.58 Å². The second-order valence-electron chi connectivity index (χ2n) is 3.27. The van der Waals surface area contributed by atoms with Gasteiger partial charge in [0.2, 0.25) is 6.10 Å². The lowest BCUT2D eigenvalue weighted by Crippen LogP contribution is -2.25. The first-order chi connectivity index (χ1) is 7.52. The van der Waals surface area contributed by atoms with E-state index in [0.717, 1.165) is 6.08 Å². The second kappa shape index (κ2) is 5.29. The molecule has 1 aliphatic heterocycles. The van der Waals surface area contributed by atoms with Crippen LogP contribution in [0, 0.1) is 0 Å². The normalized spacial score (nSPS) is 23.4. The van der Waals surface area contributed by atoms with E-state index in [1.807, 2.05) is 0 Å². The smallest absolute Gasteiger partial charge is 0.347 e. The third-order valence-electron chi connectivity index (χ3n) is 1.90. The Morgan fingerprint density at radius 3 is 2.81 bits per heavy atom. The summed E-state index contributed by atoms with van der Waals surface area (Å²) in [5.41, 5.74) is 0. The van der Waals surface area contributed by atoms with Crippen molar-refractivity contribution >= 4 is 17.9 Å². The van der Waals surface area contributed by atoms with Crippen LogP contribution in [0.25, 0.3) is 0 Å². The predicted molar refractivity (Wildman–Crippen MR) is 51.2 cm³/mol. The van der Waals surface area contributed by atoms with Gasteiger partial charge >= 0.3 is 17.9 Å². The van der Waals surface area contributed by atoms with Crippen LogP contribution in [-0.4, -0.2) is 36.7 Å². The third-order valence-corrected chi connectivity index (χ3v) is 1.90. The molecule has 16 heavy (non-hydrogen) atoms. The minimum absolute atomic E-state index is 0.263. The molecule has 0 bridgehead atoms. The number of hydrogen-bond acceptors (Lipinski definition) is 6. The lowest BCUT2D eigenvalue weighted by Gasteiger charge is -2.07. The van der Waals surface area contributed by atoms with Crippen molar-refractivity contribution in [3.63, 3.8) is 0 Å². The summed E-state index contributed by atoms with van der Waals surface area (Å²) in [6.45, 7) is 4.32. The van der Waals surface area contributed by atoms with E-state index in [2.05, 4.69) is 11.3 Å². The Labute approximate surface area is 92.2 Å². The molecule has 0 saturated carbocycles. The van der Waals surface area contributed by atoms with Crippen LogP contribution in [0.4, 0.5) is 0 Å². The van der Waals surface area contributed by atoms with Crippen LogP contribution < -0.4 is 0 Å². The summed E-state index contributed by atoms with van der Waals surface area (Å²) in [6, 6.07) is 0. The molecule has 6 nitrogen and oxygen atoms in total. The van der Waals surface area contributed by atoms with Crippen molar-refractivity contribution in [1.29, 1.82) is 0 Å². The molecular formula is C10H12O6. The summed E-state index contributed by atoms with van der Waals surface area (Å²) in [7, 11) is 0. The van der Waals surface area contributed by atoms with Crippen LogP contribution in [0.15, 0.2) is 12.7 Å². The average Bonchev–Trinajstić information content (AvgIpc) is 2.54. The third kappa shape index (κ3) is 3.38. The highest BCUT2D eigenvalue weighted by atomic mass is 16.6. The molecule has 0 aromatic heterocycles.